The fraction of sp³-hybridized carbons (Fsp3) is 0.917. The molecule has 0 saturated carbocycles. The van der Waals surface area contributed by atoms with Crippen LogP contribution in [0, 0.1) is 0 Å². The average Bonchev–Trinajstić information content (AvgIpc) is 2.36. The first-order chi connectivity index (χ1) is 7.96. The molecule has 1 atom stereocenters. The Hall–Kier alpha value is -0.260. The van der Waals surface area contributed by atoms with Gasteiger partial charge in [-0.25, -0.2) is 0 Å². The van der Waals surface area contributed by atoms with Gasteiger partial charge in [0.1, 0.15) is 0 Å². The molecule has 5 heteroatoms. The van der Waals surface area contributed by atoms with Crippen LogP contribution < -0.4 is 5.32 Å². The predicted molar refractivity (Wildman–Crippen MR) is 72.5 cm³/mol. The van der Waals surface area contributed by atoms with Gasteiger partial charge in [-0.1, -0.05) is 0 Å². The first-order valence-electron chi connectivity index (χ1n) is 6.11. The number of ether oxygens (including phenoxy) is 1. The Bertz CT molecular complexity index is 253. The van der Waals surface area contributed by atoms with Crippen LogP contribution in [-0.2, 0) is 9.53 Å². The highest BCUT2D eigenvalue weighted by Crippen LogP contribution is 2.19. The number of nitrogens with zero attached hydrogens (tertiary/aromatic N) is 1. The molecule has 0 aliphatic carbocycles. The SMILES string of the molecule is CSC(C)(C)CNC(C)C(=O)N1CCOCC1. The van der Waals surface area contributed by atoms with Crippen LogP contribution in [0.5, 0.6) is 0 Å². The van der Waals surface area contributed by atoms with Crippen molar-refractivity contribution in [2.45, 2.75) is 31.6 Å². The molecule has 0 aromatic rings. The van der Waals surface area contributed by atoms with Gasteiger partial charge in [0.15, 0.2) is 0 Å². The largest absolute Gasteiger partial charge is 0.378 e. The van der Waals surface area contributed by atoms with Crippen molar-refractivity contribution in [1.82, 2.24) is 10.2 Å². The Kier molecular flexibility index (Phi) is 5.76. The van der Waals surface area contributed by atoms with Gasteiger partial charge in [-0.15, -0.1) is 0 Å². The molecule has 1 aliphatic heterocycles. The van der Waals surface area contributed by atoms with E-state index in [1.807, 2.05) is 23.6 Å². The molecule has 1 rings (SSSR count). The Labute approximate surface area is 108 Å². The standard InChI is InChI=1S/C12H24N2O2S/c1-10(13-9-12(2,3)17-4)11(15)14-5-7-16-8-6-14/h10,13H,5-9H2,1-4H3. The van der Waals surface area contributed by atoms with E-state index >= 15 is 0 Å². The summed E-state index contributed by atoms with van der Waals surface area (Å²) in [5, 5.41) is 3.32. The normalized spacial score (nSPS) is 19.2. The number of morpholine rings is 1. The van der Waals surface area contributed by atoms with E-state index in [4.69, 9.17) is 4.74 Å². The van der Waals surface area contributed by atoms with E-state index in [9.17, 15) is 4.79 Å². The summed E-state index contributed by atoms with van der Waals surface area (Å²) < 4.78 is 5.41. The lowest BCUT2D eigenvalue weighted by molar-refractivity contribution is -0.137. The van der Waals surface area contributed by atoms with E-state index in [0.717, 1.165) is 19.6 Å². The fourth-order valence-electron chi connectivity index (χ4n) is 1.62. The molecule has 1 N–H and O–H groups in total. The van der Waals surface area contributed by atoms with Crippen molar-refractivity contribution in [2.24, 2.45) is 0 Å². The molecular formula is C12H24N2O2S. The number of thioether (sulfide) groups is 1. The molecule has 4 nitrogen and oxygen atoms in total. The summed E-state index contributed by atoms with van der Waals surface area (Å²) in [6.45, 7) is 9.89. The van der Waals surface area contributed by atoms with E-state index in [0.29, 0.717) is 13.2 Å². The molecule has 0 aromatic carbocycles. The lowest BCUT2D eigenvalue weighted by Crippen LogP contribution is -2.51. The molecule has 17 heavy (non-hydrogen) atoms. The minimum absolute atomic E-state index is 0.112. The predicted octanol–water partition coefficient (Wildman–Crippen LogP) is 0.965. The lowest BCUT2D eigenvalue weighted by Gasteiger charge is -2.31. The molecular weight excluding hydrogens is 236 g/mol. The quantitative estimate of drug-likeness (QED) is 0.799. The molecule has 0 spiro atoms. The number of carbonyl (C=O) groups excluding carboxylic acids is 1. The monoisotopic (exact) mass is 260 g/mol. The Morgan fingerprint density at radius 3 is 2.59 bits per heavy atom. The van der Waals surface area contributed by atoms with Gasteiger partial charge in [-0.2, -0.15) is 11.8 Å². The summed E-state index contributed by atoms with van der Waals surface area (Å²) in [5.41, 5.74) is 0. The van der Waals surface area contributed by atoms with Crippen molar-refractivity contribution in [1.29, 1.82) is 0 Å². The second-order valence-corrected chi connectivity index (χ2v) is 6.52. The van der Waals surface area contributed by atoms with Crippen molar-refractivity contribution >= 4 is 17.7 Å². The van der Waals surface area contributed by atoms with Crippen molar-refractivity contribution < 1.29 is 9.53 Å². The zero-order valence-electron chi connectivity index (χ0n) is 11.3. The van der Waals surface area contributed by atoms with Crippen LogP contribution in [0.15, 0.2) is 0 Å². The van der Waals surface area contributed by atoms with E-state index in [2.05, 4.69) is 25.4 Å². The van der Waals surface area contributed by atoms with Gasteiger partial charge in [-0.05, 0) is 27.0 Å². The van der Waals surface area contributed by atoms with Gasteiger partial charge in [0.2, 0.25) is 5.91 Å². The molecule has 0 aromatic heterocycles. The summed E-state index contributed by atoms with van der Waals surface area (Å²) in [7, 11) is 0. The third-order valence-electron chi connectivity index (χ3n) is 3.08. The second-order valence-electron chi connectivity index (χ2n) is 5.00. The van der Waals surface area contributed by atoms with E-state index in [1.54, 1.807) is 0 Å². The zero-order chi connectivity index (χ0) is 12.9. The molecule has 1 heterocycles. The van der Waals surface area contributed by atoms with E-state index < -0.39 is 0 Å². The molecule has 1 fully saturated rings. The van der Waals surface area contributed by atoms with Gasteiger partial charge in [0.25, 0.3) is 0 Å². The number of carbonyl (C=O) groups is 1. The fourth-order valence-corrected chi connectivity index (χ4v) is 1.84. The smallest absolute Gasteiger partial charge is 0.239 e. The number of amides is 1. The van der Waals surface area contributed by atoms with Crippen molar-refractivity contribution in [3.8, 4) is 0 Å². The first kappa shape index (κ1) is 14.8. The molecule has 100 valence electrons. The molecule has 1 amide bonds. The second kappa shape index (κ2) is 6.61. The summed E-state index contributed by atoms with van der Waals surface area (Å²) in [6.07, 6.45) is 2.09. The lowest BCUT2D eigenvalue weighted by atomic mass is 10.2. The Morgan fingerprint density at radius 2 is 2.06 bits per heavy atom. The minimum Gasteiger partial charge on any atom is -0.378 e. The van der Waals surface area contributed by atoms with Crippen LogP contribution in [0.4, 0.5) is 0 Å². The van der Waals surface area contributed by atoms with Crippen molar-refractivity contribution in [2.75, 3.05) is 39.1 Å². The van der Waals surface area contributed by atoms with Crippen LogP contribution in [0.2, 0.25) is 0 Å². The third-order valence-corrected chi connectivity index (χ3v) is 4.33. The van der Waals surface area contributed by atoms with Crippen molar-refractivity contribution in [3.63, 3.8) is 0 Å². The summed E-state index contributed by atoms with van der Waals surface area (Å²) in [6, 6.07) is -0.112. The summed E-state index contributed by atoms with van der Waals surface area (Å²) in [4.78, 5) is 14.0. The van der Waals surface area contributed by atoms with E-state index in [-0.39, 0.29) is 16.7 Å². The van der Waals surface area contributed by atoms with E-state index in [1.165, 1.54) is 0 Å². The Morgan fingerprint density at radius 1 is 1.47 bits per heavy atom. The molecule has 1 saturated heterocycles. The molecule has 1 unspecified atom stereocenters. The summed E-state index contributed by atoms with van der Waals surface area (Å²) in [5.74, 6) is 0.185. The average molecular weight is 260 g/mol. The molecule has 0 bridgehead atoms. The van der Waals surface area contributed by atoms with Crippen LogP contribution in [-0.4, -0.2) is 60.7 Å². The van der Waals surface area contributed by atoms with Crippen LogP contribution >= 0.6 is 11.8 Å². The maximum Gasteiger partial charge on any atom is 0.239 e. The number of hydrogen-bond donors (Lipinski definition) is 1. The maximum absolute atomic E-state index is 12.1. The topological polar surface area (TPSA) is 41.6 Å². The van der Waals surface area contributed by atoms with Gasteiger partial charge in [0.05, 0.1) is 19.3 Å². The Balaban J connectivity index is 2.36. The highest BCUT2D eigenvalue weighted by Gasteiger charge is 2.24. The van der Waals surface area contributed by atoms with Gasteiger partial charge in [0, 0.05) is 24.4 Å². The highest BCUT2D eigenvalue weighted by atomic mass is 32.2. The number of nitrogens with one attached hydrogen (secondary N) is 1. The van der Waals surface area contributed by atoms with Gasteiger partial charge >= 0.3 is 0 Å². The highest BCUT2D eigenvalue weighted by molar-refractivity contribution is 7.99. The number of rotatable bonds is 5. The summed E-state index contributed by atoms with van der Waals surface area (Å²) >= 11 is 1.81. The van der Waals surface area contributed by atoms with Gasteiger partial charge in [-0.3, -0.25) is 4.79 Å². The van der Waals surface area contributed by atoms with Crippen LogP contribution in [0.3, 0.4) is 0 Å². The molecule has 1 aliphatic rings. The molecule has 0 radical (unpaired) electrons. The minimum atomic E-state index is -0.112. The maximum atomic E-state index is 12.1. The third kappa shape index (κ3) is 4.85. The van der Waals surface area contributed by atoms with Crippen LogP contribution in [0.1, 0.15) is 20.8 Å². The first-order valence-corrected chi connectivity index (χ1v) is 7.34. The van der Waals surface area contributed by atoms with Crippen LogP contribution in [0.25, 0.3) is 0 Å². The number of hydrogen-bond acceptors (Lipinski definition) is 4. The van der Waals surface area contributed by atoms with Gasteiger partial charge < -0.3 is 15.0 Å². The zero-order valence-corrected chi connectivity index (χ0v) is 12.1. The van der Waals surface area contributed by atoms with Crippen molar-refractivity contribution in [3.05, 3.63) is 0 Å².